The number of fused-ring (bicyclic) bond motifs is 1. The van der Waals surface area contributed by atoms with Crippen LogP contribution in [0.3, 0.4) is 0 Å². The number of aromatic hydroxyl groups is 1. The zero-order chi connectivity index (χ0) is 11.2. The molecular formula is C15H15Cl2OTi-. The molecule has 4 heteroatoms. The Morgan fingerprint density at radius 3 is 2.16 bits per heavy atom. The molecule has 0 amide bonds. The maximum Gasteiger partial charge on any atom is 0.116 e. The van der Waals surface area contributed by atoms with Crippen LogP contribution in [0.15, 0.2) is 60.7 Å². The molecule has 0 spiro atoms. The molecule has 1 N–H and O–H groups in total. The molecule has 0 aliphatic heterocycles. The maximum absolute atomic E-state index is 9.13. The summed E-state index contributed by atoms with van der Waals surface area (Å²) in [6, 6.07) is 13.3. The summed E-state index contributed by atoms with van der Waals surface area (Å²) >= 11 is 0. The molecule has 3 rings (SSSR count). The van der Waals surface area contributed by atoms with Gasteiger partial charge in [0.05, 0.1) is 0 Å². The first-order valence-electron chi connectivity index (χ1n) is 5.26. The standard InChI is InChI=1S/C10H8O.C5H5.2ClH.Ti/c11-10-6-5-8-3-1-2-4-9(8)7-10;1-2-4-5-3-1;;;/h1-7,11H;1-3H,4H2;2*1H;/q;-1;;;. The summed E-state index contributed by atoms with van der Waals surface area (Å²) in [4.78, 5) is 0. The van der Waals surface area contributed by atoms with Gasteiger partial charge in [0.25, 0.3) is 0 Å². The van der Waals surface area contributed by atoms with Gasteiger partial charge in [-0.1, -0.05) is 30.3 Å². The molecule has 0 fully saturated rings. The number of hydrogen-bond acceptors (Lipinski definition) is 1. The molecule has 0 heterocycles. The van der Waals surface area contributed by atoms with Crippen molar-refractivity contribution in [2.75, 3.05) is 0 Å². The van der Waals surface area contributed by atoms with E-state index >= 15 is 0 Å². The van der Waals surface area contributed by atoms with Crippen LogP contribution in [0.25, 0.3) is 10.8 Å². The van der Waals surface area contributed by atoms with Gasteiger partial charge in [0, 0.05) is 21.7 Å². The van der Waals surface area contributed by atoms with Gasteiger partial charge in [0.15, 0.2) is 0 Å². The topological polar surface area (TPSA) is 20.2 Å². The predicted molar refractivity (Wildman–Crippen MR) is 81.7 cm³/mol. The van der Waals surface area contributed by atoms with Gasteiger partial charge >= 0.3 is 0 Å². The van der Waals surface area contributed by atoms with Gasteiger partial charge in [-0.2, -0.15) is 6.08 Å². The summed E-state index contributed by atoms with van der Waals surface area (Å²) in [6.45, 7) is 0. The summed E-state index contributed by atoms with van der Waals surface area (Å²) in [6.07, 6.45) is 10.0. The molecule has 2 aromatic carbocycles. The third-order valence-electron chi connectivity index (χ3n) is 2.32. The van der Waals surface area contributed by atoms with E-state index < -0.39 is 0 Å². The molecule has 2 aromatic rings. The van der Waals surface area contributed by atoms with E-state index in [0.717, 1.165) is 17.2 Å². The van der Waals surface area contributed by atoms with Gasteiger partial charge in [-0.25, -0.2) is 12.2 Å². The quantitative estimate of drug-likeness (QED) is 0.549. The molecule has 0 unspecified atom stereocenters. The number of allylic oxidation sites excluding steroid dienone is 4. The van der Waals surface area contributed by atoms with Crippen LogP contribution < -0.4 is 0 Å². The average Bonchev–Trinajstić information content (AvgIpc) is 2.87. The average molecular weight is 330 g/mol. The Balaban J connectivity index is 0. The summed E-state index contributed by atoms with van der Waals surface area (Å²) in [7, 11) is 0. The van der Waals surface area contributed by atoms with Crippen molar-refractivity contribution in [2.45, 2.75) is 6.42 Å². The van der Waals surface area contributed by atoms with E-state index in [1.54, 1.807) is 12.1 Å². The van der Waals surface area contributed by atoms with Gasteiger partial charge < -0.3 is 5.11 Å². The van der Waals surface area contributed by atoms with Crippen molar-refractivity contribution >= 4 is 35.6 Å². The summed E-state index contributed by atoms with van der Waals surface area (Å²) in [5, 5.41) is 11.4. The molecule has 0 saturated carbocycles. The Morgan fingerprint density at radius 1 is 0.947 bits per heavy atom. The SMILES string of the molecule is Cl.Cl.Oc1ccc2ccccc2c1.[C-]1=CC=CC1.[Ti]. The molecule has 0 aromatic heterocycles. The molecule has 100 valence electrons. The fraction of sp³-hybridized carbons (Fsp3) is 0.0667. The fourth-order valence-corrected chi connectivity index (χ4v) is 1.52. The largest absolute Gasteiger partial charge is 0.508 e. The normalized spacial score (nSPS) is 10.5. The van der Waals surface area contributed by atoms with E-state index in [-0.39, 0.29) is 46.5 Å². The van der Waals surface area contributed by atoms with Crippen molar-refractivity contribution in [2.24, 2.45) is 0 Å². The Hall–Kier alpha value is -0.726. The van der Waals surface area contributed by atoms with Crippen molar-refractivity contribution in [3.8, 4) is 5.75 Å². The molecule has 1 aliphatic rings. The number of halogens is 2. The number of phenols is 1. The molecule has 0 saturated heterocycles. The van der Waals surface area contributed by atoms with Crippen LogP contribution in [0.1, 0.15) is 6.42 Å². The van der Waals surface area contributed by atoms with Crippen LogP contribution in [-0.2, 0) is 21.7 Å². The number of phenolic OH excluding ortho intramolecular Hbond substituents is 1. The minimum Gasteiger partial charge on any atom is -0.508 e. The van der Waals surface area contributed by atoms with E-state index in [0.29, 0.717) is 5.75 Å². The van der Waals surface area contributed by atoms with Crippen LogP contribution in [-0.4, -0.2) is 5.11 Å². The van der Waals surface area contributed by atoms with Gasteiger partial charge in [0.1, 0.15) is 5.75 Å². The van der Waals surface area contributed by atoms with Crippen LogP contribution >= 0.6 is 24.8 Å². The summed E-state index contributed by atoms with van der Waals surface area (Å²) in [5.74, 6) is 0.323. The van der Waals surface area contributed by atoms with Crippen molar-refractivity contribution in [1.82, 2.24) is 0 Å². The zero-order valence-corrected chi connectivity index (χ0v) is 13.4. The monoisotopic (exact) mass is 329 g/mol. The van der Waals surface area contributed by atoms with E-state index in [4.69, 9.17) is 5.11 Å². The molecular weight excluding hydrogens is 315 g/mol. The number of rotatable bonds is 0. The molecule has 1 nitrogen and oxygen atoms in total. The first-order valence-corrected chi connectivity index (χ1v) is 5.26. The van der Waals surface area contributed by atoms with Gasteiger partial charge in [-0.3, -0.25) is 6.08 Å². The maximum atomic E-state index is 9.13. The third-order valence-corrected chi connectivity index (χ3v) is 2.32. The van der Waals surface area contributed by atoms with E-state index in [2.05, 4.69) is 12.2 Å². The fourth-order valence-electron chi connectivity index (χ4n) is 1.52. The predicted octanol–water partition coefficient (Wildman–Crippen LogP) is 4.69. The van der Waals surface area contributed by atoms with Crippen LogP contribution in [0, 0.1) is 6.08 Å². The van der Waals surface area contributed by atoms with Crippen molar-refractivity contribution < 1.29 is 26.8 Å². The van der Waals surface area contributed by atoms with Crippen molar-refractivity contribution in [3.63, 3.8) is 0 Å². The Morgan fingerprint density at radius 2 is 1.63 bits per heavy atom. The Labute approximate surface area is 141 Å². The van der Waals surface area contributed by atoms with Crippen molar-refractivity contribution in [1.29, 1.82) is 0 Å². The molecule has 0 bridgehead atoms. The Kier molecular flexibility index (Phi) is 12.1. The van der Waals surface area contributed by atoms with Crippen LogP contribution in [0.4, 0.5) is 0 Å². The van der Waals surface area contributed by atoms with E-state index in [1.165, 1.54) is 0 Å². The number of hydrogen-bond donors (Lipinski definition) is 1. The molecule has 19 heavy (non-hydrogen) atoms. The molecule has 0 radical (unpaired) electrons. The minimum absolute atomic E-state index is 0. The first-order chi connectivity index (χ1) is 7.86. The summed E-state index contributed by atoms with van der Waals surface area (Å²) in [5.41, 5.74) is 0. The van der Waals surface area contributed by atoms with Gasteiger partial charge in [0.2, 0.25) is 0 Å². The van der Waals surface area contributed by atoms with Crippen LogP contribution in [0.5, 0.6) is 5.75 Å². The van der Waals surface area contributed by atoms with Gasteiger partial charge in [-0.15, -0.1) is 31.2 Å². The zero-order valence-electron chi connectivity index (χ0n) is 10.2. The molecule has 0 atom stereocenters. The second kappa shape index (κ2) is 11.1. The van der Waals surface area contributed by atoms with Crippen molar-refractivity contribution in [3.05, 3.63) is 66.8 Å². The van der Waals surface area contributed by atoms with Gasteiger partial charge in [-0.05, 0) is 22.9 Å². The Bertz CT molecular complexity index is 528. The first kappa shape index (κ1) is 20.6. The minimum atomic E-state index is 0. The molecule has 1 aliphatic carbocycles. The summed E-state index contributed by atoms with van der Waals surface area (Å²) < 4.78 is 0. The third kappa shape index (κ3) is 6.84. The number of benzene rings is 2. The second-order valence-corrected chi connectivity index (χ2v) is 3.53. The van der Waals surface area contributed by atoms with E-state index in [1.807, 2.05) is 42.5 Å². The van der Waals surface area contributed by atoms with Crippen LogP contribution in [0.2, 0.25) is 0 Å². The van der Waals surface area contributed by atoms with E-state index in [9.17, 15) is 0 Å². The second-order valence-electron chi connectivity index (χ2n) is 3.53. The smallest absolute Gasteiger partial charge is 0.116 e.